The van der Waals surface area contributed by atoms with Crippen molar-refractivity contribution in [3.63, 3.8) is 0 Å². The first-order valence-electron chi connectivity index (χ1n) is 4.32. The predicted molar refractivity (Wildman–Crippen MR) is 43.3 cm³/mol. The zero-order chi connectivity index (χ0) is 8.43. The van der Waals surface area contributed by atoms with Crippen LogP contribution in [0.4, 0.5) is 0 Å². The van der Waals surface area contributed by atoms with E-state index in [2.05, 4.69) is 13.8 Å². The number of aliphatic carboxylic acids is 1. The van der Waals surface area contributed by atoms with E-state index in [1.807, 2.05) is 0 Å². The quantitative estimate of drug-likeness (QED) is 0.631. The van der Waals surface area contributed by atoms with E-state index in [1.165, 1.54) is 6.42 Å². The zero-order valence-electron chi connectivity index (χ0n) is 7.21. The van der Waals surface area contributed by atoms with Gasteiger partial charge in [-0.2, -0.15) is 0 Å². The van der Waals surface area contributed by atoms with Crippen LogP contribution in [-0.2, 0) is 4.79 Å². The van der Waals surface area contributed by atoms with Gasteiger partial charge in [0.1, 0.15) is 0 Å². The molecule has 0 bridgehead atoms. The van der Waals surface area contributed by atoms with Crippen molar-refractivity contribution in [3.8, 4) is 0 Å². The first-order valence-corrected chi connectivity index (χ1v) is 4.32. The highest BCUT2D eigenvalue weighted by molar-refractivity contribution is 5.70. The lowest BCUT2D eigenvalue weighted by Gasteiger charge is -2.28. The third kappa shape index (κ3) is 2.21. The molecule has 0 heterocycles. The number of rotatable bonds is 1. The van der Waals surface area contributed by atoms with Gasteiger partial charge in [0.2, 0.25) is 0 Å². The van der Waals surface area contributed by atoms with Gasteiger partial charge in [-0.05, 0) is 31.1 Å². The maximum Gasteiger partial charge on any atom is 0.306 e. The summed E-state index contributed by atoms with van der Waals surface area (Å²) < 4.78 is 0. The number of carboxylic acids is 1. The van der Waals surface area contributed by atoms with Crippen molar-refractivity contribution < 1.29 is 9.90 Å². The first kappa shape index (κ1) is 8.57. The van der Waals surface area contributed by atoms with Crippen molar-refractivity contribution in [3.05, 3.63) is 0 Å². The number of carbonyl (C=O) groups is 1. The Morgan fingerprint density at radius 3 is 2.00 bits per heavy atom. The van der Waals surface area contributed by atoms with Crippen LogP contribution in [0, 0.1) is 17.8 Å². The Hall–Kier alpha value is -0.530. The predicted octanol–water partition coefficient (Wildman–Crippen LogP) is 2.14. The van der Waals surface area contributed by atoms with Crippen LogP contribution in [0.3, 0.4) is 0 Å². The Morgan fingerprint density at radius 1 is 1.18 bits per heavy atom. The molecule has 2 nitrogen and oxygen atoms in total. The van der Waals surface area contributed by atoms with Gasteiger partial charge in [0, 0.05) is 0 Å². The molecule has 0 aromatic rings. The van der Waals surface area contributed by atoms with E-state index >= 15 is 0 Å². The second-order valence-corrected chi connectivity index (χ2v) is 3.95. The molecule has 0 saturated heterocycles. The average Bonchev–Trinajstić information content (AvgIpc) is 1.85. The molecule has 1 N–H and O–H groups in total. The molecule has 0 aliphatic heterocycles. The third-order valence-corrected chi connectivity index (χ3v) is 2.53. The van der Waals surface area contributed by atoms with Gasteiger partial charge in [-0.3, -0.25) is 4.79 Å². The summed E-state index contributed by atoms with van der Waals surface area (Å²) in [7, 11) is 0. The lowest BCUT2D eigenvalue weighted by molar-refractivity contribution is -0.143. The Kier molecular flexibility index (Phi) is 2.53. The van der Waals surface area contributed by atoms with Gasteiger partial charge < -0.3 is 5.11 Å². The van der Waals surface area contributed by atoms with Crippen molar-refractivity contribution >= 4 is 5.97 Å². The summed E-state index contributed by atoms with van der Waals surface area (Å²) in [6, 6.07) is 0. The second-order valence-electron chi connectivity index (χ2n) is 3.95. The summed E-state index contributed by atoms with van der Waals surface area (Å²) in [6.45, 7) is 4.29. The molecule has 0 spiro atoms. The van der Waals surface area contributed by atoms with Crippen LogP contribution in [0.5, 0.6) is 0 Å². The van der Waals surface area contributed by atoms with Gasteiger partial charge in [-0.1, -0.05) is 13.8 Å². The van der Waals surface area contributed by atoms with Crippen LogP contribution in [0.2, 0.25) is 0 Å². The van der Waals surface area contributed by atoms with Gasteiger partial charge in [0.05, 0.1) is 5.92 Å². The highest BCUT2D eigenvalue weighted by Crippen LogP contribution is 2.32. The molecule has 0 radical (unpaired) electrons. The van der Waals surface area contributed by atoms with Crippen molar-refractivity contribution in [2.75, 3.05) is 0 Å². The van der Waals surface area contributed by atoms with Crippen molar-refractivity contribution in [2.24, 2.45) is 17.8 Å². The lowest BCUT2D eigenvalue weighted by atomic mass is 9.77. The summed E-state index contributed by atoms with van der Waals surface area (Å²) in [5.41, 5.74) is 0. The monoisotopic (exact) mass is 156 g/mol. The molecular weight excluding hydrogens is 140 g/mol. The highest BCUT2D eigenvalue weighted by atomic mass is 16.4. The molecule has 11 heavy (non-hydrogen) atoms. The first-order chi connectivity index (χ1) is 5.09. The summed E-state index contributed by atoms with van der Waals surface area (Å²) in [5, 5.41) is 8.77. The fourth-order valence-electron chi connectivity index (χ4n) is 2.15. The summed E-state index contributed by atoms with van der Waals surface area (Å²) in [5.74, 6) is 0.511. The number of hydrogen-bond donors (Lipinski definition) is 1. The van der Waals surface area contributed by atoms with E-state index in [-0.39, 0.29) is 5.92 Å². The van der Waals surface area contributed by atoms with Gasteiger partial charge in [0.15, 0.2) is 0 Å². The average molecular weight is 156 g/mol. The van der Waals surface area contributed by atoms with Crippen LogP contribution in [-0.4, -0.2) is 11.1 Å². The molecule has 1 aliphatic rings. The minimum absolute atomic E-state index is 0.0752. The van der Waals surface area contributed by atoms with Crippen LogP contribution in [0.25, 0.3) is 0 Å². The van der Waals surface area contributed by atoms with Crippen molar-refractivity contribution in [1.82, 2.24) is 0 Å². The van der Waals surface area contributed by atoms with E-state index in [0.717, 1.165) is 12.8 Å². The molecular formula is C9H16O2. The zero-order valence-corrected chi connectivity index (χ0v) is 7.21. The number of hydrogen-bond acceptors (Lipinski definition) is 1. The van der Waals surface area contributed by atoms with E-state index < -0.39 is 5.97 Å². The standard InChI is InChI=1S/C9H16O2/c1-6-3-7(2)5-8(4-6)9(10)11/h6-8H,3-5H2,1-2H3,(H,10,11)/t6-,7-/m0/s1. The van der Waals surface area contributed by atoms with Crippen molar-refractivity contribution in [1.29, 1.82) is 0 Å². The van der Waals surface area contributed by atoms with Crippen LogP contribution in [0.1, 0.15) is 33.1 Å². The van der Waals surface area contributed by atoms with Crippen LogP contribution in [0.15, 0.2) is 0 Å². The lowest BCUT2D eigenvalue weighted by Crippen LogP contribution is -2.25. The molecule has 2 atom stereocenters. The molecule has 1 rings (SSSR count). The SMILES string of the molecule is C[C@@H]1CC(C(=O)O)C[C@@H](C)C1. The molecule has 0 aromatic heterocycles. The summed E-state index contributed by atoms with van der Waals surface area (Å²) in [4.78, 5) is 10.6. The van der Waals surface area contributed by atoms with Gasteiger partial charge in [-0.25, -0.2) is 0 Å². The molecule has 0 unspecified atom stereocenters. The highest BCUT2D eigenvalue weighted by Gasteiger charge is 2.28. The maximum absolute atomic E-state index is 10.6. The third-order valence-electron chi connectivity index (χ3n) is 2.53. The van der Waals surface area contributed by atoms with Gasteiger partial charge in [-0.15, -0.1) is 0 Å². The Morgan fingerprint density at radius 2 is 1.64 bits per heavy atom. The van der Waals surface area contributed by atoms with Crippen LogP contribution >= 0.6 is 0 Å². The molecule has 1 fully saturated rings. The van der Waals surface area contributed by atoms with E-state index in [0.29, 0.717) is 11.8 Å². The second kappa shape index (κ2) is 3.24. The summed E-state index contributed by atoms with van der Waals surface area (Å²) in [6.07, 6.45) is 2.95. The molecule has 0 aromatic carbocycles. The normalized spacial score (nSPS) is 38.5. The maximum atomic E-state index is 10.6. The fraction of sp³-hybridized carbons (Fsp3) is 0.889. The number of carboxylic acid groups (broad SMARTS) is 1. The molecule has 1 aliphatic carbocycles. The largest absolute Gasteiger partial charge is 0.481 e. The van der Waals surface area contributed by atoms with E-state index in [9.17, 15) is 4.79 Å². The Balaban J connectivity index is 2.49. The van der Waals surface area contributed by atoms with Gasteiger partial charge in [0.25, 0.3) is 0 Å². The van der Waals surface area contributed by atoms with Gasteiger partial charge >= 0.3 is 5.97 Å². The smallest absolute Gasteiger partial charge is 0.306 e. The molecule has 0 amide bonds. The van der Waals surface area contributed by atoms with E-state index in [1.54, 1.807) is 0 Å². The molecule has 2 heteroatoms. The minimum Gasteiger partial charge on any atom is -0.481 e. The van der Waals surface area contributed by atoms with Crippen molar-refractivity contribution in [2.45, 2.75) is 33.1 Å². The van der Waals surface area contributed by atoms with Crippen LogP contribution < -0.4 is 0 Å². The summed E-state index contributed by atoms with van der Waals surface area (Å²) >= 11 is 0. The Labute approximate surface area is 67.6 Å². The molecule has 64 valence electrons. The fourth-order valence-corrected chi connectivity index (χ4v) is 2.15. The molecule has 1 saturated carbocycles. The Bertz CT molecular complexity index is 144. The minimum atomic E-state index is -0.608. The van der Waals surface area contributed by atoms with E-state index in [4.69, 9.17) is 5.11 Å². The topological polar surface area (TPSA) is 37.3 Å².